The summed E-state index contributed by atoms with van der Waals surface area (Å²) in [5.41, 5.74) is 13.6. The van der Waals surface area contributed by atoms with E-state index in [9.17, 15) is 14.4 Å². The summed E-state index contributed by atoms with van der Waals surface area (Å²) in [5, 5.41) is 0.883. The SMILES string of the molecule is CC1(C)OC(=O)c2cc3cc([N+]4(C(=O)[C@H]5CC[C@H](CN)CC5)CC[C@@H](C5CCCCC5)[C@H]4C(N)=O)ccc3n21. The van der Waals surface area contributed by atoms with Gasteiger partial charge in [0, 0.05) is 29.9 Å². The van der Waals surface area contributed by atoms with E-state index < -0.39 is 11.8 Å². The molecule has 2 aliphatic heterocycles. The molecule has 1 unspecified atom stereocenters. The highest BCUT2D eigenvalue weighted by Gasteiger charge is 2.60. The maximum atomic E-state index is 14.7. The van der Waals surface area contributed by atoms with Crippen molar-refractivity contribution in [1.29, 1.82) is 0 Å². The minimum absolute atomic E-state index is 0.0126. The summed E-state index contributed by atoms with van der Waals surface area (Å²) in [6.45, 7) is 5.01. The van der Waals surface area contributed by atoms with Crippen molar-refractivity contribution in [3.8, 4) is 0 Å². The monoisotopic (exact) mass is 535 g/mol. The molecule has 1 aromatic carbocycles. The number of primary amides is 1. The Balaban J connectivity index is 1.46. The molecule has 2 aliphatic carbocycles. The number of quaternary nitrogens is 1. The summed E-state index contributed by atoms with van der Waals surface area (Å²) in [7, 11) is 0. The fourth-order valence-electron chi connectivity index (χ4n) is 8.60. The van der Waals surface area contributed by atoms with Crippen LogP contribution in [0.1, 0.15) is 88.5 Å². The number of hydrogen-bond acceptors (Lipinski definition) is 5. The van der Waals surface area contributed by atoms with Gasteiger partial charge >= 0.3 is 11.9 Å². The third-order valence-corrected chi connectivity index (χ3v) is 10.5. The minimum atomic E-state index is -0.783. The van der Waals surface area contributed by atoms with Crippen molar-refractivity contribution in [2.24, 2.45) is 35.1 Å². The number of rotatable bonds is 5. The highest BCUT2D eigenvalue weighted by molar-refractivity contribution is 6.02. The fraction of sp³-hybridized carbons (Fsp3) is 0.645. The van der Waals surface area contributed by atoms with Crippen LogP contribution in [0.5, 0.6) is 0 Å². The third kappa shape index (κ3) is 4.13. The molecule has 2 amide bonds. The van der Waals surface area contributed by atoms with Crippen molar-refractivity contribution < 1.29 is 19.1 Å². The summed E-state index contributed by atoms with van der Waals surface area (Å²) in [6.07, 6.45) is 10.1. The zero-order valence-corrected chi connectivity index (χ0v) is 23.4. The molecule has 3 fully saturated rings. The molecule has 2 saturated carbocycles. The highest BCUT2D eigenvalue weighted by Crippen LogP contribution is 2.48. The number of nitrogens with zero attached hydrogens (tertiary/aromatic N) is 2. The number of hydrogen-bond donors (Lipinski definition) is 2. The van der Waals surface area contributed by atoms with Gasteiger partial charge < -0.3 is 16.2 Å². The van der Waals surface area contributed by atoms with Gasteiger partial charge in [0.2, 0.25) is 0 Å². The van der Waals surface area contributed by atoms with Crippen molar-refractivity contribution in [2.45, 2.75) is 89.8 Å². The van der Waals surface area contributed by atoms with Gasteiger partial charge in [0.25, 0.3) is 5.91 Å². The van der Waals surface area contributed by atoms with Crippen LogP contribution in [0.2, 0.25) is 0 Å². The highest BCUT2D eigenvalue weighted by atomic mass is 16.6. The first kappa shape index (κ1) is 26.5. The van der Waals surface area contributed by atoms with Gasteiger partial charge in [0.1, 0.15) is 11.4 Å². The van der Waals surface area contributed by atoms with E-state index in [0.29, 0.717) is 30.6 Å². The zero-order valence-electron chi connectivity index (χ0n) is 23.4. The first-order valence-corrected chi connectivity index (χ1v) is 15.0. The lowest BCUT2D eigenvalue weighted by molar-refractivity contribution is -0.142. The first-order valence-electron chi connectivity index (χ1n) is 15.0. The molecule has 0 spiro atoms. The maximum absolute atomic E-state index is 14.7. The van der Waals surface area contributed by atoms with Gasteiger partial charge in [0.15, 0.2) is 11.8 Å². The van der Waals surface area contributed by atoms with E-state index in [4.69, 9.17) is 16.2 Å². The molecular weight excluding hydrogens is 492 g/mol. The third-order valence-electron chi connectivity index (χ3n) is 10.5. The van der Waals surface area contributed by atoms with E-state index >= 15 is 0 Å². The minimum Gasteiger partial charge on any atom is -0.434 e. The molecule has 0 radical (unpaired) electrons. The van der Waals surface area contributed by atoms with Crippen LogP contribution < -0.4 is 16.0 Å². The Labute approximate surface area is 230 Å². The number of ether oxygens (including phenoxy) is 1. The standard InChI is InChI=1S/C31H42N4O4/c1-31(2)34-25-13-12-23(16-22(25)17-26(34)30(38)39-31)35(29(37)21-10-8-19(18-32)9-11-21)15-14-24(27(35)28(33)36)20-6-4-3-5-7-20/h12-13,16-17,19-21,24,27H,3-11,14-15,18,32H2,1-2H3,(H-,33,36)/p+1/t19-,21-,24-,27-,35?/m0/s1. The maximum Gasteiger partial charge on any atom is 0.357 e. The average molecular weight is 536 g/mol. The van der Waals surface area contributed by atoms with Crippen LogP contribution in [0, 0.1) is 23.7 Å². The summed E-state index contributed by atoms with van der Waals surface area (Å²) >= 11 is 0. The van der Waals surface area contributed by atoms with Crippen LogP contribution in [0.4, 0.5) is 5.69 Å². The zero-order chi connectivity index (χ0) is 27.5. The van der Waals surface area contributed by atoms with Gasteiger partial charge in [-0.2, -0.15) is 0 Å². The lowest BCUT2D eigenvalue weighted by atomic mass is 9.75. The van der Waals surface area contributed by atoms with Gasteiger partial charge in [-0.3, -0.25) is 9.36 Å². The Morgan fingerprint density at radius 1 is 1.03 bits per heavy atom. The van der Waals surface area contributed by atoms with Crippen LogP contribution in [0.3, 0.4) is 0 Å². The lowest BCUT2D eigenvalue weighted by Gasteiger charge is -2.41. The normalized spacial score (nSPS) is 32.7. The number of fused-ring (bicyclic) bond motifs is 3. The van der Waals surface area contributed by atoms with E-state index in [2.05, 4.69) is 0 Å². The van der Waals surface area contributed by atoms with Crippen molar-refractivity contribution in [3.63, 3.8) is 0 Å². The molecule has 6 rings (SSSR count). The predicted octanol–water partition coefficient (Wildman–Crippen LogP) is 4.56. The van der Waals surface area contributed by atoms with Gasteiger partial charge in [-0.15, -0.1) is 0 Å². The molecule has 4 N–H and O–H groups in total. The molecule has 2 aromatic rings. The number of carbonyl (C=O) groups is 3. The average Bonchev–Trinajstić information content (AvgIpc) is 3.59. The van der Waals surface area contributed by atoms with Gasteiger partial charge in [-0.1, -0.05) is 19.3 Å². The van der Waals surface area contributed by atoms with Crippen LogP contribution in [0.25, 0.3) is 10.9 Å². The van der Waals surface area contributed by atoms with Crippen molar-refractivity contribution in [2.75, 3.05) is 13.1 Å². The van der Waals surface area contributed by atoms with Crippen LogP contribution in [0.15, 0.2) is 24.3 Å². The quantitative estimate of drug-likeness (QED) is 0.430. The Kier molecular flexibility index (Phi) is 6.62. The number of nitrogens with two attached hydrogens (primary N) is 2. The van der Waals surface area contributed by atoms with E-state index in [1.54, 1.807) is 0 Å². The fourth-order valence-corrected chi connectivity index (χ4v) is 8.60. The number of esters is 1. The predicted molar refractivity (Wildman–Crippen MR) is 151 cm³/mol. The number of aromatic nitrogens is 1. The largest absolute Gasteiger partial charge is 0.434 e. The van der Waals surface area contributed by atoms with E-state index in [-0.39, 0.29) is 34.1 Å². The second kappa shape index (κ2) is 9.73. The number of benzene rings is 1. The summed E-state index contributed by atoms with van der Waals surface area (Å²) in [4.78, 5) is 40.8. The molecule has 0 bridgehead atoms. The van der Waals surface area contributed by atoms with Crippen LogP contribution in [-0.4, -0.2) is 41.5 Å². The van der Waals surface area contributed by atoms with Gasteiger partial charge in [0.05, 0.1) is 18.0 Å². The number of carbonyl (C=O) groups excluding carboxylic acids is 3. The molecule has 4 aliphatic rings. The topological polar surface area (TPSA) is 117 Å². The molecule has 210 valence electrons. The Morgan fingerprint density at radius 3 is 2.41 bits per heavy atom. The smallest absolute Gasteiger partial charge is 0.357 e. The molecule has 1 saturated heterocycles. The molecule has 39 heavy (non-hydrogen) atoms. The van der Waals surface area contributed by atoms with Crippen LogP contribution in [-0.2, 0) is 20.1 Å². The van der Waals surface area contributed by atoms with Crippen LogP contribution >= 0.6 is 0 Å². The summed E-state index contributed by atoms with van der Waals surface area (Å²) in [5.74, 6) is 0.317. The Morgan fingerprint density at radius 2 is 1.74 bits per heavy atom. The number of cyclic esters (lactones) is 1. The summed E-state index contributed by atoms with van der Waals surface area (Å²) in [6, 6.07) is 7.31. The van der Waals surface area contributed by atoms with E-state index in [1.165, 1.54) is 19.3 Å². The molecule has 3 atom stereocenters. The van der Waals surface area contributed by atoms with Gasteiger partial charge in [-0.25, -0.2) is 14.1 Å². The first-order chi connectivity index (χ1) is 18.7. The lowest BCUT2D eigenvalue weighted by Crippen LogP contribution is -2.65. The second-order valence-corrected chi connectivity index (χ2v) is 13.0. The molecule has 1 aromatic heterocycles. The number of likely N-dealkylation sites (tertiary alicyclic amines) is 1. The Bertz CT molecular complexity index is 1300. The molecule has 8 heteroatoms. The number of amides is 2. The second-order valence-electron chi connectivity index (χ2n) is 13.0. The van der Waals surface area contributed by atoms with E-state index in [0.717, 1.165) is 61.5 Å². The van der Waals surface area contributed by atoms with Gasteiger partial charge in [-0.05, 0) is 82.9 Å². The van der Waals surface area contributed by atoms with Crippen molar-refractivity contribution in [1.82, 2.24) is 9.05 Å². The summed E-state index contributed by atoms with van der Waals surface area (Å²) < 4.78 is 7.52. The Hall–Kier alpha value is -2.71. The van der Waals surface area contributed by atoms with Crippen molar-refractivity contribution >= 4 is 34.4 Å². The molecular formula is C31H43N4O4+. The molecule has 3 heterocycles. The van der Waals surface area contributed by atoms with E-state index in [1.807, 2.05) is 42.7 Å². The van der Waals surface area contributed by atoms with Crippen molar-refractivity contribution in [3.05, 3.63) is 30.0 Å². The molecule has 8 nitrogen and oxygen atoms in total.